The SMILES string of the molecule is CCOC(=O)[C@H](CCc1ccccc1)N[C@H](C)C(=O)N1[C@H](C(=O)O)C[C@H]2CCCCC21C. The summed E-state index contributed by atoms with van der Waals surface area (Å²) >= 11 is 0. The number of likely N-dealkylation sites (tertiary alicyclic amines) is 1. The highest BCUT2D eigenvalue weighted by atomic mass is 16.5. The molecule has 1 unspecified atom stereocenters. The minimum absolute atomic E-state index is 0.201. The van der Waals surface area contributed by atoms with Crippen LogP contribution in [0.3, 0.4) is 0 Å². The number of ether oxygens (including phenoxy) is 1. The maximum absolute atomic E-state index is 13.6. The maximum Gasteiger partial charge on any atom is 0.326 e. The molecule has 0 aromatic heterocycles. The highest BCUT2D eigenvalue weighted by molar-refractivity contribution is 5.89. The number of hydrogen-bond donors (Lipinski definition) is 2. The number of benzene rings is 1. The van der Waals surface area contributed by atoms with Crippen molar-refractivity contribution in [3.05, 3.63) is 35.9 Å². The molecule has 0 spiro atoms. The van der Waals surface area contributed by atoms with Crippen molar-refractivity contribution in [3.63, 3.8) is 0 Å². The standard InChI is InChI=1S/C25H36N2O5/c1-4-32-24(31)20(14-13-18-10-6-5-7-11-18)26-17(2)22(28)27-21(23(29)30)16-19-12-8-9-15-25(19,27)3/h5-7,10-11,17,19-21,26H,4,8-9,12-16H2,1-3H3,(H,29,30)/t17-,19-,20+,21+,25?/m1/s1. The highest BCUT2D eigenvalue weighted by Crippen LogP contribution is 2.48. The molecule has 32 heavy (non-hydrogen) atoms. The van der Waals surface area contributed by atoms with Gasteiger partial charge in [0.2, 0.25) is 5.91 Å². The lowest BCUT2D eigenvalue weighted by Gasteiger charge is -2.44. The molecule has 2 N–H and O–H groups in total. The number of aryl methyl sites for hydroxylation is 1. The van der Waals surface area contributed by atoms with E-state index in [2.05, 4.69) is 5.32 Å². The lowest BCUT2D eigenvalue weighted by molar-refractivity contribution is -0.154. The van der Waals surface area contributed by atoms with Crippen molar-refractivity contribution in [2.75, 3.05) is 6.61 Å². The summed E-state index contributed by atoms with van der Waals surface area (Å²) in [5.41, 5.74) is 0.656. The number of rotatable bonds is 9. The van der Waals surface area contributed by atoms with Gasteiger partial charge in [-0.25, -0.2) is 4.79 Å². The van der Waals surface area contributed by atoms with E-state index in [9.17, 15) is 19.5 Å². The topological polar surface area (TPSA) is 95.9 Å². The summed E-state index contributed by atoms with van der Waals surface area (Å²) in [4.78, 5) is 39.8. The average molecular weight is 445 g/mol. The third kappa shape index (κ3) is 5.14. The molecular formula is C25H36N2O5. The summed E-state index contributed by atoms with van der Waals surface area (Å²) in [5, 5.41) is 13.0. The lowest BCUT2D eigenvalue weighted by atomic mass is 9.74. The fraction of sp³-hybridized carbons (Fsp3) is 0.640. The Hall–Kier alpha value is -2.41. The van der Waals surface area contributed by atoms with Crippen LogP contribution in [0.2, 0.25) is 0 Å². The lowest BCUT2D eigenvalue weighted by Crippen LogP contribution is -2.60. The number of nitrogens with one attached hydrogen (secondary N) is 1. The highest BCUT2D eigenvalue weighted by Gasteiger charge is 2.55. The molecule has 1 aromatic carbocycles. The molecule has 176 valence electrons. The number of carbonyl (C=O) groups is 3. The molecule has 5 atom stereocenters. The first-order valence-electron chi connectivity index (χ1n) is 11.8. The quantitative estimate of drug-likeness (QED) is 0.568. The summed E-state index contributed by atoms with van der Waals surface area (Å²) in [6, 6.07) is 7.70. The summed E-state index contributed by atoms with van der Waals surface area (Å²) < 4.78 is 5.24. The first-order valence-corrected chi connectivity index (χ1v) is 11.8. The second-order valence-corrected chi connectivity index (χ2v) is 9.32. The molecule has 0 radical (unpaired) electrons. The molecule has 0 bridgehead atoms. The number of esters is 1. The minimum Gasteiger partial charge on any atom is -0.480 e. The van der Waals surface area contributed by atoms with Crippen molar-refractivity contribution < 1.29 is 24.2 Å². The van der Waals surface area contributed by atoms with Crippen LogP contribution in [0.1, 0.15) is 64.9 Å². The number of fused-ring (bicyclic) bond motifs is 1. The van der Waals surface area contributed by atoms with Crippen LogP contribution >= 0.6 is 0 Å². The van der Waals surface area contributed by atoms with Crippen molar-refractivity contribution in [2.45, 2.75) is 89.4 Å². The van der Waals surface area contributed by atoms with Gasteiger partial charge >= 0.3 is 11.9 Å². The van der Waals surface area contributed by atoms with E-state index in [0.29, 0.717) is 19.3 Å². The molecule has 2 aliphatic rings. The van der Waals surface area contributed by atoms with Gasteiger partial charge in [0.1, 0.15) is 12.1 Å². The van der Waals surface area contributed by atoms with E-state index < -0.39 is 29.6 Å². The van der Waals surface area contributed by atoms with Crippen LogP contribution in [0.5, 0.6) is 0 Å². The van der Waals surface area contributed by atoms with E-state index in [-0.39, 0.29) is 24.4 Å². The van der Waals surface area contributed by atoms with Gasteiger partial charge in [0.05, 0.1) is 12.6 Å². The molecule has 7 nitrogen and oxygen atoms in total. The Labute approximate surface area is 190 Å². The van der Waals surface area contributed by atoms with E-state index in [4.69, 9.17) is 4.74 Å². The van der Waals surface area contributed by atoms with Crippen LogP contribution in [0.4, 0.5) is 0 Å². The van der Waals surface area contributed by atoms with Gasteiger partial charge in [0, 0.05) is 5.54 Å². The van der Waals surface area contributed by atoms with Gasteiger partial charge in [-0.15, -0.1) is 0 Å². The number of carboxylic acids is 1. The molecule has 2 fully saturated rings. The second kappa shape index (κ2) is 10.5. The third-order valence-electron chi connectivity index (χ3n) is 7.21. The van der Waals surface area contributed by atoms with Crippen molar-refractivity contribution in [3.8, 4) is 0 Å². The zero-order chi connectivity index (χ0) is 23.3. The zero-order valence-electron chi connectivity index (χ0n) is 19.4. The van der Waals surface area contributed by atoms with E-state index in [1.54, 1.807) is 18.7 Å². The van der Waals surface area contributed by atoms with Gasteiger partial charge < -0.3 is 14.7 Å². The fourth-order valence-corrected chi connectivity index (χ4v) is 5.47. The molecular weight excluding hydrogens is 408 g/mol. The Balaban J connectivity index is 1.74. The van der Waals surface area contributed by atoms with Crippen LogP contribution in [0.15, 0.2) is 30.3 Å². The molecule has 1 heterocycles. The summed E-state index contributed by atoms with van der Waals surface area (Å²) in [5.74, 6) is -1.39. The van der Waals surface area contributed by atoms with E-state index in [1.165, 1.54) is 0 Å². The first-order chi connectivity index (χ1) is 15.3. The van der Waals surface area contributed by atoms with E-state index in [1.807, 2.05) is 37.3 Å². The Morgan fingerprint density at radius 3 is 2.62 bits per heavy atom. The molecule has 1 saturated carbocycles. The normalized spacial score (nSPS) is 26.8. The number of carbonyl (C=O) groups excluding carboxylic acids is 2. The second-order valence-electron chi connectivity index (χ2n) is 9.32. The van der Waals surface area contributed by atoms with Crippen molar-refractivity contribution in [1.29, 1.82) is 0 Å². The predicted molar refractivity (Wildman–Crippen MR) is 121 cm³/mol. The Morgan fingerprint density at radius 2 is 1.97 bits per heavy atom. The summed E-state index contributed by atoms with van der Waals surface area (Å²) in [7, 11) is 0. The molecule has 1 aromatic rings. The van der Waals surface area contributed by atoms with Gasteiger partial charge in [0.15, 0.2) is 0 Å². The molecule has 1 saturated heterocycles. The van der Waals surface area contributed by atoms with E-state index in [0.717, 1.165) is 31.2 Å². The van der Waals surface area contributed by atoms with Crippen LogP contribution in [0.25, 0.3) is 0 Å². The monoisotopic (exact) mass is 444 g/mol. The van der Waals surface area contributed by atoms with Crippen LogP contribution in [-0.2, 0) is 25.5 Å². The zero-order valence-corrected chi connectivity index (χ0v) is 19.4. The molecule has 1 aliphatic carbocycles. The Morgan fingerprint density at radius 1 is 1.25 bits per heavy atom. The third-order valence-corrected chi connectivity index (χ3v) is 7.21. The largest absolute Gasteiger partial charge is 0.480 e. The van der Waals surface area contributed by atoms with Gasteiger partial charge in [-0.1, -0.05) is 43.2 Å². The first kappa shape index (κ1) is 24.2. The summed E-state index contributed by atoms with van der Waals surface area (Å²) in [6.45, 7) is 5.77. The molecule has 1 aliphatic heterocycles. The van der Waals surface area contributed by atoms with Crippen molar-refractivity contribution >= 4 is 17.8 Å². The predicted octanol–water partition coefficient (Wildman–Crippen LogP) is 3.16. The fourth-order valence-electron chi connectivity index (χ4n) is 5.47. The van der Waals surface area contributed by atoms with Gasteiger partial charge in [-0.2, -0.15) is 0 Å². The number of aliphatic carboxylic acids is 1. The number of carboxylic acid groups (broad SMARTS) is 1. The minimum atomic E-state index is -0.952. The molecule has 7 heteroatoms. The van der Waals surface area contributed by atoms with Gasteiger partial charge in [-0.3, -0.25) is 14.9 Å². The Kier molecular flexibility index (Phi) is 7.93. The average Bonchev–Trinajstić information content (AvgIpc) is 3.10. The maximum atomic E-state index is 13.6. The Bertz CT molecular complexity index is 814. The summed E-state index contributed by atoms with van der Waals surface area (Å²) in [6.07, 6.45) is 5.49. The van der Waals surface area contributed by atoms with Crippen molar-refractivity contribution in [2.24, 2.45) is 5.92 Å². The molecule has 3 rings (SSSR count). The number of amides is 1. The smallest absolute Gasteiger partial charge is 0.326 e. The molecule has 1 amide bonds. The number of nitrogens with zero attached hydrogens (tertiary/aromatic N) is 1. The van der Waals surface area contributed by atoms with Crippen molar-refractivity contribution in [1.82, 2.24) is 10.2 Å². The van der Waals surface area contributed by atoms with E-state index >= 15 is 0 Å². The van der Waals surface area contributed by atoms with Gasteiger partial charge in [-0.05, 0) is 64.4 Å². The number of hydrogen-bond acceptors (Lipinski definition) is 5. The van der Waals surface area contributed by atoms with Crippen LogP contribution in [-0.4, -0.2) is 58.1 Å². The van der Waals surface area contributed by atoms with Crippen LogP contribution in [0, 0.1) is 5.92 Å². The van der Waals surface area contributed by atoms with Crippen LogP contribution < -0.4 is 5.32 Å². The van der Waals surface area contributed by atoms with Gasteiger partial charge in [0.25, 0.3) is 0 Å².